The van der Waals surface area contributed by atoms with Gasteiger partial charge in [-0.15, -0.1) is 6.42 Å². The maximum atomic E-state index is 10.5. The van der Waals surface area contributed by atoms with Gasteiger partial charge in [-0.05, 0) is 0 Å². The van der Waals surface area contributed by atoms with E-state index in [1.54, 1.807) is 0 Å². The Bertz CT molecular complexity index is 227. The standard InChI is InChI=1S/C6H12N2O2S/c1-3-4-7-5-6-8-11(2,9)10/h1,7-8H,4-6H2,2H3. The first-order valence-corrected chi connectivity index (χ1v) is 5.04. The predicted octanol–water partition coefficient (Wildman–Crippen LogP) is -1.24. The van der Waals surface area contributed by atoms with Crippen LogP contribution >= 0.6 is 0 Å². The molecule has 11 heavy (non-hydrogen) atoms. The highest BCUT2D eigenvalue weighted by molar-refractivity contribution is 7.88. The maximum Gasteiger partial charge on any atom is 0.208 e. The summed E-state index contributed by atoms with van der Waals surface area (Å²) in [6, 6.07) is 0. The van der Waals surface area contributed by atoms with Crippen LogP contribution in [0.1, 0.15) is 0 Å². The second-order valence-corrected chi connectivity index (χ2v) is 3.88. The molecule has 0 spiro atoms. The summed E-state index contributed by atoms with van der Waals surface area (Å²) in [5.41, 5.74) is 0. The molecule has 0 saturated carbocycles. The normalized spacial score (nSPS) is 10.9. The van der Waals surface area contributed by atoms with Crippen molar-refractivity contribution in [2.45, 2.75) is 0 Å². The number of rotatable bonds is 5. The highest BCUT2D eigenvalue weighted by Gasteiger charge is 1.96. The molecule has 0 saturated heterocycles. The minimum atomic E-state index is -3.05. The fourth-order valence-electron chi connectivity index (χ4n) is 0.485. The smallest absolute Gasteiger partial charge is 0.208 e. The quantitative estimate of drug-likeness (QED) is 0.407. The Morgan fingerprint density at radius 1 is 1.45 bits per heavy atom. The third-order valence-electron chi connectivity index (χ3n) is 0.893. The summed E-state index contributed by atoms with van der Waals surface area (Å²) < 4.78 is 23.3. The lowest BCUT2D eigenvalue weighted by atomic mass is 10.6. The number of terminal acetylenes is 1. The van der Waals surface area contributed by atoms with Crippen LogP contribution in [0, 0.1) is 12.3 Å². The molecule has 0 aromatic carbocycles. The van der Waals surface area contributed by atoms with Crippen molar-refractivity contribution in [2.75, 3.05) is 25.9 Å². The van der Waals surface area contributed by atoms with Gasteiger partial charge in [0.2, 0.25) is 10.0 Å². The van der Waals surface area contributed by atoms with Gasteiger partial charge in [-0.2, -0.15) is 0 Å². The molecule has 0 fully saturated rings. The first kappa shape index (κ1) is 10.4. The monoisotopic (exact) mass is 176 g/mol. The van der Waals surface area contributed by atoms with Crippen LogP contribution in [0.5, 0.6) is 0 Å². The Labute approximate surface area is 67.4 Å². The minimum absolute atomic E-state index is 0.376. The molecule has 0 heterocycles. The van der Waals surface area contributed by atoms with Crippen LogP contribution in [0.2, 0.25) is 0 Å². The van der Waals surface area contributed by atoms with Crippen molar-refractivity contribution >= 4 is 10.0 Å². The third-order valence-corrected chi connectivity index (χ3v) is 1.62. The average molecular weight is 176 g/mol. The third kappa shape index (κ3) is 9.43. The Morgan fingerprint density at radius 2 is 2.09 bits per heavy atom. The summed E-state index contributed by atoms with van der Waals surface area (Å²) in [7, 11) is -3.05. The molecule has 0 atom stereocenters. The molecule has 0 aliphatic rings. The molecule has 64 valence electrons. The fraction of sp³-hybridized carbons (Fsp3) is 0.667. The molecule has 0 aromatic heterocycles. The van der Waals surface area contributed by atoms with Gasteiger partial charge in [0, 0.05) is 13.1 Å². The van der Waals surface area contributed by atoms with Gasteiger partial charge < -0.3 is 5.32 Å². The average Bonchev–Trinajstić information content (AvgIpc) is 1.85. The van der Waals surface area contributed by atoms with E-state index in [4.69, 9.17) is 6.42 Å². The van der Waals surface area contributed by atoms with E-state index in [0.29, 0.717) is 19.6 Å². The van der Waals surface area contributed by atoms with Crippen molar-refractivity contribution < 1.29 is 8.42 Å². The van der Waals surface area contributed by atoms with Gasteiger partial charge in [0.05, 0.1) is 12.8 Å². The highest BCUT2D eigenvalue weighted by Crippen LogP contribution is 1.70. The van der Waals surface area contributed by atoms with Gasteiger partial charge in [0.1, 0.15) is 0 Å². The molecule has 0 radical (unpaired) electrons. The molecule has 0 aromatic rings. The van der Waals surface area contributed by atoms with Gasteiger partial charge in [0.15, 0.2) is 0 Å². The zero-order chi connectivity index (χ0) is 8.74. The number of sulfonamides is 1. The van der Waals surface area contributed by atoms with Crippen LogP contribution in [0.4, 0.5) is 0 Å². The van der Waals surface area contributed by atoms with E-state index in [9.17, 15) is 8.42 Å². The zero-order valence-corrected chi connectivity index (χ0v) is 7.24. The Balaban J connectivity index is 3.24. The molecule has 0 amide bonds. The van der Waals surface area contributed by atoms with Crippen LogP contribution in [-0.4, -0.2) is 34.3 Å². The van der Waals surface area contributed by atoms with Gasteiger partial charge in [-0.3, -0.25) is 0 Å². The minimum Gasteiger partial charge on any atom is -0.305 e. The summed E-state index contributed by atoms with van der Waals surface area (Å²) in [5.74, 6) is 2.38. The molecular formula is C6H12N2O2S. The van der Waals surface area contributed by atoms with Crippen LogP contribution in [-0.2, 0) is 10.0 Å². The van der Waals surface area contributed by atoms with Crippen LogP contribution in [0.3, 0.4) is 0 Å². The van der Waals surface area contributed by atoms with Crippen molar-refractivity contribution in [2.24, 2.45) is 0 Å². The maximum absolute atomic E-state index is 10.5. The van der Waals surface area contributed by atoms with E-state index in [0.717, 1.165) is 6.26 Å². The summed E-state index contributed by atoms with van der Waals surface area (Å²) in [5, 5.41) is 2.84. The largest absolute Gasteiger partial charge is 0.305 e. The molecule has 0 aliphatic heterocycles. The van der Waals surface area contributed by atoms with Gasteiger partial charge >= 0.3 is 0 Å². The Morgan fingerprint density at radius 3 is 2.55 bits per heavy atom. The summed E-state index contributed by atoms with van der Waals surface area (Å²) >= 11 is 0. The number of hydrogen-bond acceptors (Lipinski definition) is 3. The summed E-state index contributed by atoms with van der Waals surface area (Å²) in [6.07, 6.45) is 6.06. The van der Waals surface area contributed by atoms with Crippen LogP contribution in [0.25, 0.3) is 0 Å². The first-order chi connectivity index (χ1) is 5.06. The van der Waals surface area contributed by atoms with Crippen molar-refractivity contribution in [1.82, 2.24) is 10.0 Å². The van der Waals surface area contributed by atoms with Crippen LogP contribution in [0.15, 0.2) is 0 Å². The van der Waals surface area contributed by atoms with Gasteiger partial charge in [0.25, 0.3) is 0 Å². The van der Waals surface area contributed by atoms with Gasteiger partial charge in [-0.1, -0.05) is 5.92 Å². The molecule has 0 bridgehead atoms. The summed E-state index contributed by atoms with van der Waals surface area (Å²) in [4.78, 5) is 0. The Hall–Kier alpha value is -0.570. The lowest BCUT2D eigenvalue weighted by Crippen LogP contribution is -2.31. The second-order valence-electron chi connectivity index (χ2n) is 2.05. The van der Waals surface area contributed by atoms with Crippen LogP contribution < -0.4 is 10.0 Å². The van der Waals surface area contributed by atoms with E-state index < -0.39 is 10.0 Å². The molecule has 0 unspecified atom stereocenters. The van der Waals surface area contributed by atoms with E-state index in [-0.39, 0.29) is 0 Å². The highest BCUT2D eigenvalue weighted by atomic mass is 32.2. The molecule has 4 nitrogen and oxygen atoms in total. The molecule has 5 heteroatoms. The topological polar surface area (TPSA) is 58.2 Å². The van der Waals surface area contributed by atoms with Crippen molar-refractivity contribution in [1.29, 1.82) is 0 Å². The molecule has 0 aliphatic carbocycles. The van der Waals surface area contributed by atoms with Gasteiger partial charge in [-0.25, -0.2) is 13.1 Å². The first-order valence-electron chi connectivity index (χ1n) is 3.15. The Kier molecular flexibility index (Phi) is 4.86. The number of hydrogen-bond donors (Lipinski definition) is 2. The van der Waals surface area contributed by atoms with Crippen molar-refractivity contribution in [3.05, 3.63) is 0 Å². The fourth-order valence-corrected chi connectivity index (χ4v) is 0.958. The SMILES string of the molecule is C#CCNCCNS(C)(=O)=O. The number of nitrogens with one attached hydrogen (secondary N) is 2. The van der Waals surface area contributed by atoms with E-state index in [1.807, 2.05) is 0 Å². The molecular weight excluding hydrogens is 164 g/mol. The van der Waals surface area contributed by atoms with E-state index >= 15 is 0 Å². The predicted molar refractivity (Wildman–Crippen MR) is 44.5 cm³/mol. The molecule has 2 N–H and O–H groups in total. The van der Waals surface area contributed by atoms with Crippen molar-refractivity contribution in [3.8, 4) is 12.3 Å². The van der Waals surface area contributed by atoms with Crippen molar-refractivity contribution in [3.63, 3.8) is 0 Å². The molecule has 0 rings (SSSR count). The second kappa shape index (κ2) is 5.13. The summed E-state index contributed by atoms with van der Waals surface area (Å²) in [6.45, 7) is 1.39. The zero-order valence-electron chi connectivity index (χ0n) is 6.42. The van der Waals surface area contributed by atoms with E-state index in [1.165, 1.54) is 0 Å². The lowest BCUT2D eigenvalue weighted by molar-refractivity contribution is 0.584. The lowest BCUT2D eigenvalue weighted by Gasteiger charge is -2.00. The van der Waals surface area contributed by atoms with E-state index in [2.05, 4.69) is 16.0 Å².